The van der Waals surface area contributed by atoms with E-state index in [0.717, 1.165) is 5.56 Å². The van der Waals surface area contributed by atoms with Gasteiger partial charge >= 0.3 is 5.97 Å². The Balaban J connectivity index is 1.62. The largest absolute Gasteiger partial charge is 0.481 e. The van der Waals surface area contributed by atoms with Crippen LogP contribution in [0.5, 0.6) is 0 Å². The smallest absolute Gasteiger partial charge is 0.305 e. The number of carboxylic acids is 1. The number of carbonyl (C=O) groups excluding carboxylic acids is 2. The van der Waals surface area contributed by atoms with Crippen molar-refractivity contribution in [1.29, 1.82) is 0 Å². The van der Waals surface area contributed by atoms with Crippen molar-refractivity contribution < 1.29 is 19.5 Å². The Morgan fingerprint density at radius 1 is 0.971 bits per heavy atom. The fraction of sp³-hybridized carbons (Fsp3) is 0.160. The number of primary amides is 1. The number of carboxylic acid groups (broad SMARTS) is 1. The van der Waals surface area contributed by atoms with E-state index in [2.05, 4.69) is 15.3 Å². The molecule has 1 atom stereocenters. The minimum atomic E-state index is -0.954. The number of pyridine rings is 1. The molecule has 172 valence electrons. The molecule has 0 bridgehead atoms. The van der Waals surface area contributed by atoms with Crippen LogP contribution in [0.3, 0.4) is 0 Å². The van der Waals surface area contributed by atoms with E-state index in [9.17, 15) is 14.4 Å². The van der Waals surface area contributed by atoms with Crippen LogP contribution in [-0.2, 0) is 16.0 Å². The van der Waals surface area contributed by atoms with Crippen molar-refractivity contribution in [1.82, 2.24) is 14.5 Å². The van der Waals surface area contributed by atoms with Crippen molar-refractivity contribution in [2.45, 2.75) is 18.9 Å². The van der Waals surface area contributed by atoms with Gasteiger partial charge in [0.25, 0.3) is 0 Å². The van der Waals surface area contributed by atoms with Crippen LogP contribution in [0.4, 0.5) is 5.95 Å². The van der Waals surface area contributed by atoms with E-state index in [0.29, 0.717) is 28.2 Å². The van der Waals surface area contributed by atoms with Crippen LogP contribution in [0.2, 0.25) is 0 Å². The second kappa shape index (κ2) is 9.95. The number of ketones is 1. The normalized spacial score (nSPS) is 11.8. The molecule has 0 fully saturated rings. The molecule has 4 N–H and O–H groups in total. The molecule has 9 heteroatoms. The third-order valence-electron chi connectivity index (χ3n) is 5.39. The molecular formula is C25H23N5O4. The topological polar surface area (TPSA) is 140 Å². The molecule has 9 nitrogen and oxygen atoms in total. The van der Waals surface area contributed by atoms with E-state index in [1.54, 1.807) is 59.3 Å². The number of amides is 1. The summed E-state index contributed by atoms with van der Waals surface area (Å²) in [6, 6.07) is 18.7. The second-order valence-electron chi connectivity index (χ2n) is 7.74. The lowest BCUT2D eigenvalue weighted by atomic mass is 9.99. The first-order valence-corrected chi connectivity index (χ1v) is 10.7. The summed E-state index contributed by atoms with van der Waals surface area (Å²) in [5.74, 6) is -1.32. The predicted molar refractivity (Wildman–Crippen MR) is 127 cm³/mol. The molecule has 0 aliphatic rings. The Hall–Kier alpha value is -4.53. The maximum Gasteiger partial charge on any atom is 0.305 e. The summed E-state index contributed by atoms with van der Waals surface area (Å²) in [6.45, 7) is 0.125. The average molecular weight is 457 g/mol. The molecule has 0 aliphatic carbocycles. The number of imidazole rings is 1. The summed E-state index contributed by atoms with van der Waals surface area (Å²) in [7, 11) is 0. The summed E-state index contributed by atoms with van der Waals surface area (Å²) in [6.07, 6.45) is 1.71. The van der Waals surface area contributed by atoms with Gasteiger partial charge in [0, 0.05) is 30.3 Å². The summed E-state index contributed by atoms with van der Waals surface area (Å²) >= 11 is 0. The number of hydrogen-bond donors (Lipinski definition) is 3. The molecule has 0 aliphatic heterocycles. The summed E-state index contributed by atoms with van der Waals surface area (Å²) in [5, 5.41) is 11.9. The molecule has 34 heavy (non-hydrogen) atoms. The van der Waals surface area contributed by atoms with E-state index in [1.165, 1.54) is 0 Å². The molecule has 1 amide bonds. The lowest BCUT2D eigenvalue weighted by Gasteiger charge is -2.19. The molecule has 0 radical (unpaired) electrons. The summed E-state index contributed by atoms with van der Waals surface area (Å²) in [5.41, 5.74) is 8.71. The van der Waals surface area contributed by atoms with E-state index in [4.69, 9.17) is 10.8 Å². The van der Waals surface area contributed by atoms with Crippen molar-refractivity contribution in [3.05, 3.63) is 89.6 Å². The lowest BCUT2D eigenvalue weighted by Crippen LogP contribution is -2.29. The number of hydrogen-bond acceptors (Lipinski definition) is 6. The lowest BCUT2D eigenvalue weighted by molar-refractivity contribution is -0.136. The van der Waals surface area contributed by atoms with Gasteiger partial charge in [0.1, 0.15) is 11.6 Å². The van der Waals surface area contributed by atoms with Gasteiger partial charge in [-0.15, -0.1) is 0 Å². The zero-order valence-corrected chi connectivity index (χ0v) is 18.2. The number of benzene rings is 2. The molecule has 1 unspecified atom stereocenters. The Labute approximate surface area is 195 Å². The van der Waals surface area contributed by atoms with Crippen molar-refractivity contribution in [3.63, 3.8) is 0 Å². The fourth-order valence-corrected chi connectivity index (χ4v) is 3.72. The number of rotatable bonds is 10. The van der Waals surface area contributed by atoms with Gasteiger partial charge in [-0.3, -0.25) is 19.0 Å². The number of nitrogens with two attached hydrogens (primary N) is 1. The number of anilines is 1. The van der Waals surface area contributed by atoms with Gasteiger partial charge in [0.15, 0.2) is 11.4 Å². The number of aromatic nitrogens is 3. The Bertz CT molecular complexity index is 1330. The van der Waals surface area contributed by atoms with E-state index in [-0.39, 0.29) is 25.2 Å². The Morgan fingerprint density at radius 2 is 1.68 bits per heavy atom. The van der Waals surface area contributed by atoms with Crippen LogP contribution in [-0.4, -0.2) is 43.8 Å². The first-order chi connectivity index (χ1) is 16.4. The van der Waals surface area contributed by atoms with Crippen LogP contribution in [0.1, 0.15) is 33.9 Å². The van der Waals surface area contributed by atoms with Gasteiger partial charge in [0.2, 0.25) is 11.9 Å². The zero-order chi connectivity index (χ0) is 24.1. The van der Waals surface area contributed by atoms with Gasteiger partial charge in [0.05, 0.1) is 6.42 Å². The first kappa shape index (κ1) is 22.7. The maximum absolute atomic E-state index is 12.7. The van der Waals surface area contributed by atoms with Crippen LogP contribution < -0.4 is 11.1 Å². The van der Waals surface area contributed by atoms with Crippen molar-refractivity contribution >= 4 is 34.8 Å². The molecule has 4 aromatic rings. The van der Waals surface area contributed by atoms with Crippen LogP contribution >= 0.6 is 0 Å². The second-order valence-corrected chi connectivity index (χ2v) is 7.74. The monoisotopic (exact) mass is 457 g/mol. The number of aliphatic carboxylic acids is 1. The van der Waals surface area contributed by atoms with E-state index in [1.807, 2.05) is 18.2 Å². The highest BCUT2D eigenvalue weighted by Gasteiger charge is 2.25. The Kier molecular flexibility index (Phi) is 6.63. The fourth-order valence-electron chi connectivity index (χ4n) is 3.72. The van der Waals surface area contributed by atoms with Crippen molar-refractivity contribution in [2.24, 2.45) is 5.73 Å². The molecule has 2 aromatic heterocycles. The van der Waals surface area contributed by atoms with Crippen LogP contribution in [0.15, 0.2) is 72.9 Å². The van der Waals surface area contributed by atoms with E-state index >= 15 is 0 Å². The quantitative estimate of drug-likeness (QED) is 0.311. The number of fused-ring (bicyclic) bond motifs is 1. The number of nitrogens with zero attached hydrogens (tertiary/aromatic N) is 3. The highest BCUT2D eigenvalue weighted by atomic mass is 16.4. The average Bonchev–Trinajstić information content (AvgIpc) is 3.20. The zero-order valence-electron chi connectivity index (χ0n) is 18.2. The highest BCUT2D eigenvalue weighted by Crippen LogP contribution is 2.26. The first-order valence-electron chi connectivity index (χ1n) is 10.7. The van der Waals surface area contributed by atoms with Crippen molar-refractivity contribution in [2.75, 3.05) is 11.9 Å². The maximum atomic E-state index is 12.7. The highest BCUT2D eigenvalue weighted by molar-refractivity contribution is 6.08. The molecule has 4 rings (SSSR count). The van der Waals surface area contributed by atoms with Gasteiger partial charge < -0.3 is 16.2 Å². The third-order valence-corrected chi connectivity index (χ3v) is 5.39. The van der Waals surface area contributed by atoms with Gasteiger partial charge in [-0.1, -0.05) is 54.6 Å². The minimum absolute atomic E-state index is 0.0895. The molecule has 2 heterocycles. The third kappa shape index (κ3) is 4.93. The molecule has 0 saturated heterocycles. The van der Waals surface area contributed by atoms with Crippen molar-refractivity contribution in [3.8, 4) is 0 Å². The van der Waals surface area contributed by atoms with Crippen LogP contribution in [0, 0.1) is 0 Å². The predicted octanol–water partition coefficient (Wildman–Crippen LogP) is 2.82. The standard InChI is InChI=1S/C25H23N5O4/c26-23(34)20(15-16-8-10-18(11-9-16)22(33)17-5-2-1-3-6-17)30-24-19(7-4-13-27-24)29-25(30)28-14-12-21(31)32/h1-11,13,20H,12,14-15H2,(H2,26,34)(H,28,29)(H,31,32). The molecule has 0 spiro atoms. The number of nitrogens with one attached hydrogen (secondary N) is 1. The van der Waals surface area contributed by atoms with E-state index < -0.39 is 17.9 Å². The molecule has 2 aromatic carbocycles. The van der Waals surface area contributed by atoms with Gasteiger partial charge in [-0.05, 0) is 17.7 Å². The Morgan fingerprint density at radius 3 is 2.35 bits per heavy atom. The molecular weight excluding hydrogens is 434 g/mol. The van der Waals surface area contributed by atoms with Crippen LogP contribution in [0.25, 0.3) is 11.2 Å². The number of carbonyl (C=O) groups is 3. The molecule has 0 saturated carbocycles. The van der Waals surface area contributed by atoms with Gasteiger partial charge in [-0.25, -0.2) is 9.97 Å². The summed E-state index contributed by atoms with van der Waals surface area (Å²) in [4.78, 5) is 44.9. The summed E-state index contributed by atoms with van der Waals surface area (Å²) < 4.78 is 1.60. The minimum Gasteiger partial charge on any atom is -0.481 e. The SMILES string of the molecule is NC(=O)C(Cc1ccc(C(=O)c2ccccc2)cc1)n1c(NCCC(=O)O)nc2cccnc21. The van der Waals surface area contributed by atoms with Gasteiger partial charge in [-0.2, -0.15) is 0 Å².